The average molecular weight is 405 g/mol. The fraction of sp³-hybridized carbons (Fsp3) is 0.381. The summed E-state index contributed by atoms with van der Waals surface area (Å²) < 4.78 is 32.4. The van der Waals surface area contributed by atoms with Crippen LogP contribution in [0, 0.1) is 0 Å². The number of hydrogen-bond acceptors (Lipinski definition) is 4. The van der Waals surface area contributed by atoms with Gasteiger partial charge in [-0.25, -0.2) is 8.42 Å². The van der Waals surface area contributed by atoms with Crippen LogP contribution in [0.25, 0.3) is 0 Å². The molecule has 2 rings (SSSR count). The monoisotopic (exact) mass is 404 g/mol. The van der Waals surface area contributed by atoms with Crippen molar-refractivity contribution in [2.24, 2.45) is 0 Å². The zero-order valence-electron chi connectivity index (χ0n) is 16.6. The van der Waals surface area contributed by atoms with E-state index in [1.54, 1.807) is 36.4 Å². The Morgan fingerprint density at radius 2 is 1.50 bits per heavy atom. The van der Waals surface area contributed by atoms with Gasteiger partial charge >= 0.3 is 0 Å². The molecule has 1 N–H and O–H groups in total. The fourth-order valence-corrected chi connectivity index (χ4v) is 4.41. The summed E-state index contributed by atoms with van der Waals surface area (Å²) in [5.41, 5.74) is 1.03. The molecule has 6 nitrogen and oxygen atoms in total. The minimum absolute atomic E-state index is 0.230. The molecule has 0 spiro atoms. The number of carbonyl (C=O) groups is 1. The van der Waals surface area contributed by atoms with Gasteiger partial charge in [0.1, 0.15) is 5.75 Å². The highest BCUT2D eigenvalue weighted by atomic mass is 32.2. The Balaban J connectivity index is 2.10. The molecular weight excluding hydrogens is 376 g/mol. The maximum absolute atomic E-state index is 12.8. The number of rotatable bonds is 10. The van der Waals surface area contributed by atoms with Gasteiger partial charge in [0.05, 0.1) is 11.5 Å². The van der Waals surface area contributed by atoms with Crippen LogP contribution in [-0.4, -0.2) is 38.3 Å². The lowest BCUT2D eigenvalue weighted by Crippen LogP contribution is -2.32. The van der Waals surface area contributed by atoms with E-state index in [0.717, 1.165) is 12.8 Å². The Kier molecular flexibility index (Phi) is 8.02. The molecule has 0 saturated carbocycles. The zero-order chi connectivity index (χ0) is 20.6. The van der Waals surface area contributed by atoms with Gasteiger partial charge in [0.25, 0.3) is 5.91 Å². The van der Waals surface area contributed by atoms with Gasteiger partial charge < -0.3 is 10.1 Å². The molecule has 0 heterocycles. The SMILES string of the molecule is CCCN(CCC)S(=O)(=O)c1ccc(NC(=O)c2ccc(OCC)cc2)cc1. The lowest BCUT2D eigenvalue weighted by molar-refractivity contribution is 0.102. The number of amides is 1. The third kappa shape index (κ3) is 5.56. The Bertz CT molecular complexity index is 856. The van der Waals surface area contributed by atoms with Crippen LogP contribution in [0.4, 0.5) is 5.69 Å². The first-order valence-corrected chi connectivity index (χ1v) is 11.0. The summed E-state index contributed by atoms with van der Waals surface area (Å²) in [4.78, 5) is 12.6. The number of benzene rings is 2. The van der Waals surface area contributed by atoms with E-state index < -0.39 is 10.0 Å². The second kappa shape index (κ2) is 10.2. The molecule has 2 aromatic rings. The van der Waals surface area contributed by atoms with Crippen molar-refractivity contribution in [3.8, 4) is 5.75 Å². The fourth-order valence-electron chi connectivity index (χ4n) is 2.78. The van der Waals surface area contributed by atoms with Crippen LogP contribution in [0.1, 0.15) is 44.0 Å². The molecule has 0 fully saturated rings. The third-order valence-electron chi connectivity index (χ3n) is 4.12. The van der Waals surface area contributed by atoms with E-state index in [2.05, 4.69) is 5.32 Å². The van der Waals surface area contributed by atoms with Crippen molar-refractivity contribution in [3.05, 3.63) is 54.1 Å². The Labute approximate surface area is 167 Å². The van der Waals surface area contributed by atoms with Crippen LogP contribution in [-0.2, 0) is 10.0 Å². The normalized spacial score (nSPS) is 11.4. The summed E-state index contributed by atoms with van der Waals surface area (Å²) in [6.07, 6.45) is 1.52. The number of sulfonamides is 1. The second-order valence-electron chi connectivity index (χ2n) is 6.34. The molecule has 0 aromatic heterocycles. The van der Waals surface area contributed by atoms with Gasteiger partial charge in [-0.15, -0.1) is 0 Å². The highest BCUT2D eigenvalue weighted by molar-refractivity contribution is 7.89. The number of nitrogens with one attached hydrogen (secondary N) is 1. The minimum atomic E-state index is -3.53. The van der Waals surface area contributed by atoms with Gasteiger partial charge in [-0.1, -0.05) is 13.8 Å². The minimum Gasteiger partial charge on any atom is -0.494 e. The summed E-state index contributed by atoms with van der Waals surface area (Å²) in [5.74, 6) is 0.439. The zero-order valence-corrected chi connectivity index (χ0v) is 17.5. The van der Waals surface area contributed by atoms with Crippen molar-refractivity contribution in [1.82, 2.24) is 4.31 Å². The highest BCUT2D eigenvalue weighted by Gasteiger charge is 2.22. The summed E-state index contributed by atoms with van der Waals surface area (Å²) >= 11 is 0. The van der Waals surface area contributed by atoms with E-state index in [-0.39, 0.29) is 10.8 Å². The third-order valence-corrected chi connectivity index (χ3v) is 6.04. The van der Waals surface area contributed by atoms with E-state index in [4.69, 9.17) is 4.74 Å². The van der Waals surface area contributed by atoms with Crippen LogP contribution in [0.15, 0.2) is 53.4 Å². The van der Waals surface area contributed by atoms with Crippen LogP contribution in [0.2, 0.25) is 0 Å². The summed E-state index contributed by atoms with van der Waals surface area (Å²) in [7, 11) is -3.53. The van der Waals surface area contributed by atoms with E-state index in [0.29, 0.717) is 36.7 Å². The van der Waals surface area contributed by atoms with Gasteiger partial charge in [0.2, 0.25) is 10.0 Å². The predicted octanol–water partition coefficient (Wildman–Crippen LogP) is 4.15. The second-order valence-corrected chi connectivity index (χ2v) is 8.28. The maximum Gasteiger partial charge on any atom is 0.255 e. The molecule has 0 aliphatic heterocycles. The summed E-state index contributed by atoms with van der Waals surface area (Å²) in [5, 5.41) is 2.78. The number of anilines is 1. The summed E-state index contributed by atoms with van der Waals surface area (Å²) in [6, 6.07) is 13.1. The molecular formula is C21H28N2O4S. The van der Waals surface area contributed by atoms with Crippen molar-refractivity contribution in [3.63, 3.8) is 0 Å². The molecule has 0 saturated heterocycles. The van der Waals surface area contributed by atoms with Gasteiger partial charge in [0.15, 0.2) is 0 Å². The molecule has 0 radical (unpaired) electrons. The highest BCUT2D eigenvalue weighted by Crippen LogP contribution is 2.20. The van der Waals surface area contributed by atoms with E-state index in [1.165, 1.54) is 16.4 Å². The largest absolute Gasteiger partial charge is 0.494 e. The molecule has 1 amide bonds. The van der Waals surface area contributed by atoms with E-state index in [9.17, 15) is 13.2 Å². The first-order chi connectivity index (χ1) is 13.4. The molecule has 0 atom stereocenters. The maximum atomic E-state index is 12.8. The first-order valence-electron chi connectivity index (χ1n) is 9.56. The Morgan fingerprint density at radius 3 is 2.00 bits per heavy atom. The Hall–Kier alpha value is -2.38. The van der Waals surface area contributed by atoms with Crippen LogP contribution >= 0.6 is 0 Å². The van der Waals surface area contributed by atoms with Crippen LogP contribution in [0.5, 0.6) is 5.75 Å². The number of ether oxygens (including phenoxy) is 1. The molecule has 2 aromatic carbocycles. The van der Waals surface area contributed by atoms with Crippen LogP contribution in [0.3, 0.4) is 0 Å². The first kappa shape index (κ1) is 21.9. The van der Waals surface area contributed by atoms with Crippen molar-refractivity contribution in [2.45, 2.75) is 38.5 Å². The molecule has 152 valence electrons. The van der Waals surface area contributed by atoms with Crippen molar-refractivity contribution in [1.29, 1.82) is 0 Å². The van der Waals surface area contributed by atoms with E-state index in [1.807, 2.05) is 20.8 Å². The predicted molar refractivity (Wildman–Crippen MR) is 111 cm³/mol. The lowest BCUT2D eigenvalue weighted by atomic mass is 10.2. The molecule has 0 aliphatic carbocycles. The lowest BCUT2D eigenvalue weighted by Gasteiger charge is -2.21. The average Bonchev–Trinajstić information content (AvgIpc) is 2.69. The van der Waals surface area contributed by atoms with Crippen molar-refractivity contribution < 1.29 is 17.9 Å². The smallest absolute Gasteiger partial charge is 0.255 e. The van der Waals surface area contributed by atoms with Crippen LogP contribution < -0.4 is 10.1 Å². The number of hydrogen-bond donors (Lipinski definition) is 1. The number of nitrogens with zero attached hydrogens (tertiary/aromatic N) is 1. The molecule has 0 aliphatic rings. The van der Waals surface area contributed by atoms with Crippen molar-refractivity contribution >= 4 is 21.6 Å². The summed E-state index contributed by atoms with van der Waals surface area (Å²) in [6.45, 7) is 7.36. The van der Waals surface area contributed by atoms with E-state index >= 15 is 0 Å². The van der Waals surface area contributed by atoms with Gasteiger partial charge in [-0.3, -0.25) is 4.79 Å². The Morgan fingerprint density at radius 1 is 0.929 bits per heavy atom. The standard InChI is InChI=1S/C21H28N2O4S/c1-4-15-23(16-5-2)28(25,26)20-13-9-18(10-14-20)22-21(24)17-7-11-19(12-8-17)27-6-3/h7-14H,4-6,15-16H2,1-3H3,(H,22,24). The molecule has 28 heavy (non-hydrogen) atoms. The van der Waals surface area contributed by atoms with Crippen molar-refractivity contribution in [2.75, 3.05) is 25.0 Å². The molecule has 0 unspecified atom stereocenters. The quantitative estimate of drug-likeness (QED) is 0.645. The topological polar surface area (TPSA) is 75.7 Å². The molecule has 7 heteroatoms. The van der Waals surface area contributed by atoms with Gasteiger partial charge in [-0.05, 0) is 68.3 Å². The van der Waals surface area contributed by atoms with Gasteiger partial charge in [-0.2, -0.15) is 4.31 Å². The van der Waals surface area contributed by atoms with Gasteiger partial charge in [0, 0.05) is 24.3 Å². The molecule has 0 bridgehead atoms. The number of carbonyl (C=O) groups excluding carboxylic acids is 1.